The zero-order chi connectivity index (χ0) is 14.5. The molecule has 108 valence electrons. The summed E-state index contributed by atoms with van der Waals surface area (Å²) < 4.78 is 12.3. The van der Waals surface area contributed by atoms with Crippen molar-refractivity contribution < 1.29 is 9.47 Å². The third-order valence-corrected chi connectivity index (χ3v) is 5.01. The highest BCUT2D eigenvalue weighted by Gasteiger charge is 2.16. The van der Waals surface area contributed by atoms with Crippen LogP contribution in [0.1, 0.15) is 29.7 Å². The Morgan fingerprint density at radius 2 is 1.80 bits per heavy atom. The first-order chi connectivity index (χ1) is 9.65. The lowest BCUT2D eigenvalue weighted by Crippen LogP contribution is -2.00. The van der Waals surface area contributed by atoms with E-state index in [4.69, 9.17) is 21.1 Å². The predicted molar refractivity (Wildman–Crippen MR) is 88.5 cm³/mol. The molecule has 2 nitrogen and oxygen atoms in total. The van der Waals surface area contributed by atoms with Crippen LogP contribution in [0.15, 0.2) is 34.1 Å². The van der Waals surface area contributed by atoms with Crippen molar-refractivity contribution in [3.8, 4) is 11.5 Å². The lowest BCUT2D eigenvalue weighted by Gasteiger charge is -2.14. The standard InChI is InChI=1S/C15H16BrClO2S/c1-3-18-11-6-5-10(9-12(11)19-4-2)15(17)13-7-8-14(16)20-13/h5-9,15H,3-4H2,1-2H3. The van der Waals surface area contributed by atoms with Gasteiger partial charge in [-0.15, -0.1) is 22.9 Å². The topological polar surface area (TPSA) is 18.5 Å². The van der Waals surface area contributed by atoms with Crippen molar-refractivity contribution >= 4 is 38.9 Å². The summed E-state index contributed by atoms with van der Waals surface area (Å²) in [6.45, 7) is 5.12. The molecule has 0 aliphatic rings. The quantitative estimate of drug-likeness (QED) is 0.609. The third kappa shape index (κ3) is 3.68. The normalized spacial score (nSPS) is 12.2. The van der Waals surface area contributed by atoms with Gasteiger partial charge in [-0.05, 0) is 59.6 Å². The van der Waals surface area contributed by atoms with Crippen molar-refractivity contribution in [3.63, 3.8) is 0 Å². The minimum absolute atomic E-state index is 0.179. The number of hydrogen-bond acceptors (Lipinski definition) is 3. The average molecular weight is 376 g/mol. The molecule has 0 bridgehead atoms. The summed E-state index contributed by atoms with van der Waals surface area (Å²) >= 11 is 11.6. The number of hydrogen-bond donors (Lipinski definition) is 0. The van der Waals surface area contributed by atoms with Gasteiger partial charge >= 0.3 is 0 Å². The molecule has 0 spiro atoms. The maximum atomic E-state index is 6.54. The molecule has 0 saturated carbocycles. The first-order valence-electron chi connectivity index (χ1n) is 6.44. The first kappa shape index (κ1) is 15.7. The second-order valence-electron chi connectivity index (χ2n) is 4.08. The summed E-state index contributed by atoms with van der Waals surface area (Å²) in [5.74, 6) is 1.50. The van der Waals surface area contributed by atoms with Crippen LogP contribution in [0.2, 0.25) is 0 Å². The van der Waals surface area contributed by atoms with E-state index in [1.54, 1.807) is 11.3 Å². The van der Waals surface area contributed by atoms with Gasteiger partial charge in [-0.1, -0.05) is 6.07 Å². The number of ether oxygens (including phenoxy) is 2. The van der Waals surface area contributed by atoms with Crippen molar-refractivity contribution in [1.29, 1.82) is 0 Å². The summed E-state index contributed by atoms with van der Waals surface area (Å²) in [5, 5.41) is -0.179. The van der Waals surface area contributed by atoms with E-state index in [2.05, 4.69) is 15.9 Å². The Morgan fingerprint density at radius 1 is 1.10 bits per heavy atom. The zero-order valence-electron chi connectivity index (χ0n) is 11.4. The molecule has 1 aromatic heterocycles. The van der Waals surface area contributed by atoms with Gasteiger partial charge in [0.15, 0.2) is 11.5 Å². The van der Waals surface area contributed by atoms with Crippen molar-refractivity contribution in [2.75, 3.05) is 13.2 Å². The van der Waals surface area contributed by atoms with Crippen LogP contribution in [-0.4, -0.2) is 13.2 Å². The Morgan fingerprint density at radius 3 is 2.40 bits per heavy atom. The predicted octanol–water partition coefficient (Wildman–Crippen LogP) is 5.64. The van der Waals surface area contributed by atoms with Gasteiger partial charge in [0.05, 0.1) is 22.4 Å². The van der Waals surface area contributed by atoms with E-state index in [1.807, 2.05) is 44.2 Å². The molecule has 0 N–H and O–H groups in total. The molecule has 0 amide bonds. The molecule has 20 heavy (non-hydrogen) atoms. The number of alkyl halides is 1. The van der Waals surface area contributed by atoms with E-state index in [0.717, 1.165) is 25.7 Å². The largest absolute Gasteiger partial charge is 0.490 e. The second kappa shape index (κ2) is 7.34. The van der Waals surface area contributed by atoms with Crippen molar-refractivity contribution in [3.05, 3.63) is 44.6 Å². The molecule has 0 aliphatic heterocycles. The van der Waals surface area contributed by atoms with Crippen molar-refractivity contribution in [2.24, 2.45) is 0 Å². The Bertz CT molecular complexity index is 571. The minimum Gasteiger partial charge on any atom is -0.490 e. The number of rotatable bonds is 6. The van der Waals surface area contributed by atoms with Crippen LogP contribution in [0, 0.1) is 0 Å². The molecule has 0 radical (unpaired) electrons. The van der Waals surface area contributed by atoms with E-state index in [1.165, 1.54) is 0 Å². The van der Waals surface area contributed by atoms with E-state index in [0.29, 0.717) is 13.2 Å². The molecule has 2 aromatic rings. The Balaban J connectivity index is 2.29. The van der Waals surface area contributed by atoms with Crippen LogP contribution in [-0.2, 0) is 0 Å². The Labute approximate surface area is 136 Å². The molecular formula is C15H16BrClO2S. The Kier molecular flexibility index (Phi) is 5.75. The van der Waals surface area contributed by atoms with Gasteiger partial charge in [0, 0.05) is 4.88 Å². The fraction of sp³-hybridized carbons (Fsp3) is 0.333. The lowest BCUT2D eigenvalue weighted by atomic mass is 10.1. The van der Waals surface area contributed by atoms with Gasteiger partial charge < -0.3 is 9.47 Å². The molecule has 1 heterocycles. The first-order valence-corrected chi connectivity index (χ1v) is 8.49. The maximum Gasteiger partial charge on any atom is 0.161 e. The monoisotopic (exact) mass is 374 g/mol. The fourth-order valence-electron chi connectivity index (χ4n) is 1.85. The maximum absolute atomic E-state index is 6.54. The number of halogens is 2. The molecule has 0 saturated heterocycles. The van der Waals surface area contributed by atoms with E-state index < -0.39 is 0 Å². The van der Waals surface area contributed by atoms with Gasteiger partial charge in [0.1, 0.15) is 0 Å². The highest BCUT2D eigenvalue weighted by molar-refractivity contribution is 9.11. The fourth-order valence-corrected chi connectivity index (χ4v) is 3.63. The van der Waals surface area contributed by atoms with Crippen molar-refractivity contribution in [2.45, 2.75) is 19.2 Å². The molecule has 0 fully saturated rings. The van der Waals surface area contributed by atoms with Gasteiger partial charge in [-0.2, -0.15) is 0 Å². The van der Waals surface area contributed by atoms with Gasteiger partial charge in [-0.25, -0.2) is 0 Å². The Hall–Kier alpha value is -0.710. The minimum atomic E-state index is -0.179. The van der Waals surface area contributed by atoms with Crippen molar-refractivity contribution in [1.82, 2.24) is 0 Å². The third-order valence-electron chi connectivity index (χ3n) is 2.70. The summed E-state index contributed by atoms with van der Waals surface area (Å²) in [7, 11) is 0. The molecule has 2 rings (SSSR count). The van der Waals surface area contributed by atoms with Crippen LogP contribution in [0.25, 0.3) is 0 Å². The SMILES string of the molecule is CCOc1ccc(C(Cl)c2ccc(Br)s2)cc1OCC. The average Bonchev–Trinajstić information content (AvgIpc) is 2.87. The molecular weight excluding hydrogens is 360 g/mol. The molecule has 5 heteroatoms. The van der Waals surface area contributed by atoms with E-state index >= 15 is 0 Å². The second-order valence-corrected chi connectivity index (χ2v) is 7.01. The van der Waals surface area contributed by atoms with Gasteiger partial charge in [0.2, 0.25) is 0 Å². The molecule has 0 aliphatic carbocycles. The summed E-state index contributed by atoms with van der Waals surface area (Å²) in [4.78, 5) is 1.10. The van der Waals surface area contributed by atoms with Crippen LogP contribution in [0.5, 0.6) is 11.5 Å². The lowest BCUT2D eigenvalue weighted by molar-refractivity contribution is 0.287. The highest BCUT2D eigenvalue weighted by atomic mass is 79.9. The summed E-state index contributed by atoms with van der Waals surface area (Å²) in [6.07, 6.45) is 0. The highest BCUT2D eigenvalue weighted by Crippen LogP contribution is 2.39. The summed E-state index contributed by atoms with van der Waals surface area (Å²) in [6, 6.07) is 9.90. The number of benzene rings is 1. The van der Waals surface area contributed by atoms with Gasteiger partial charge in [0.25, 0.3) is 0 Å². The van der Waals surface area contributed by atoms with Crippen LogP contribution >= 0.6 is 38.9 Å². The van der Waals surface area contributed by atoms with Crippen LogP contribution < -0.4 is 9.47 Å². The molecule has 1 atom stereocenters. The summed E-state index contributed by atoms with van der Waals surface area (Å²) in [5.41, 5.74) is 1.01. The zero-order valence-corrected chi connectivity index (χ0v) is 14.5. The van der Waals surface area contributed by atoms with E-state index in [-0.39, 0.29) is 5.38 Å². The van der Waals surface area contributed by atoms with Crippen LogP contribution in [0.3, 0.4) is 0 Å². The van der Waals surface area contributed by atoms with Gasteiger partial charge in [-0.3, -0.25) is 0 Å². The smallest absolute Gasteiger partial charge is 0.161 e. The van der Waals surface area contributed by atoms with E-state index in [9.17, 15) is 0 Å². The molecule has 1 unspecified atom stereocenters. The number of thiophene rings is 1. The molecule has 1 aromatic carbocycles. The van der Waals surface area contributed by atoms with Crippen LogP contribution in [0.4, 0.5) is 0 Å².